The van der Waals surface area contributed by atoms with Gasteiger partial charge in [-0.2, -0.15) is 0 Å². The molecule has 1 aliphatic carbocycles. The predicted molar refractivity (Wildman–Crippen MR) is 103 cm³/mol. The highest BCUT2D eigenvalue weighted by Crippen LogP contribution is 2.31. The quantitative estimate of drug-likeness (QED) is 0.308. The van der Waals surface area contributed by atoms with Crippen LogP contribution in [-0.4, -0.2) is 30.8 Å². The molecule has 148 valence electrons. The summed E-state index contributed by atoms with van der Waals surface area (Å²) in [5, 5.41) is 2.73. The number of ether oxygens (including phenoxy) is 2. The molecule has 1 fully saturated rings. The van der Waals surface area contributed by atoms with Crippen molar-refractivity contribution in [1.29, 1.82) is 0 Å². The lowest BCUT2D eigenvalue weighted by Gasteiger charge is -2.27. The molecular formula is C21H35NO4. The number of hydrogen-bond donors (Lipinski definition) is 1. The molecule has 26 heavy (non-hydrogen) atoms. The van der Waals surface area contributed by atoms with Gasteiger partial charge in [-0.15, -0.1) is 5.92 Å². The monoisotopic (exact) mass is 365 g/mol. The molecule has 5 nitrogen and oxygen atoms in total. The van der Waals surface area contributed by atoms with Gasteiger partial charge < -0.3 is 14.8 Å². The summed E-state index contributed by atoms with van der Waals surface area (Å²) in [5.74, 6) is 5.00. The van der Waals surface area contributed by atoms with Crippen molar-refractivity contribution in [2.75, 3.05) is 13.2 Å². The lowest BCUT2D eigenvalue weighted by atomic mass is 9.98. The smallest absolute Gasteiger partial charge is 0.409 e. The number of nitrogens with one attached hydrogen (secondary N) is 1. The molecule has 1 amide bonds. The van der Waals surface area contributed by atoms with Crippen LogP contribution < -0.4 is 5.32 Å². The van der Waals surface area contributed by atoms with Crippen LogP contribution in [0.5, 0.6) is 0 Å². The van der Waals surface area contributed by atoms with E-state index in [9.17, 15) is 9.59 Å². The van der Waals surface area contributed by atoms with E-state index < -0.39 is 11.6 Å². The lowest BCUT2D eigenvalue weighted by Crippen LogP contribution is -2.53. The van der Waals surface area contributed by atoms with Gasteiger partial charge in [-0.25, -0.2) is 9.59 Å². The highest BCUT2D eigenvalue weighted by atomic mass is 16.6. The van der Waals surface area contributed by atoms with Gasteiger partial charge in [0.25, 0.3) is 0 Å². The summed E-state index contributed by atoms with van der Waals surface area (Å²) < 4.78 is 10.4. The first-order valence-electron chi connectivity index (χ1n) is 10.2. The van der Waals surface area contributed by atoms with E-state index in [4.69, 9.17) is 9.47 Å². The van der Waals surface area contributed by atoms with Crippen LogP contribution in [0.15, 0.2) is 0 Å². The van der Waals surface area contributed by atoms with Crippen molar-refractivity contribution in [3.8, 4) is 11.8 Å². The van der Waals surface area contributed by atoms with Gasteiger partial charge in [-0.3, -0.25) is 0 Å². The Labute approximate surface area is 158 Å². The highest BCUT2D eigenvalue weighted by Gasteiger charge is 2.44. The van der Waals surface area contributed by atoms with E-state index in [1.165, 1.54) is 38.5 Å². The van der Waals surface area contributed by atoms with Gasteiger partial charge in [0.1, 0.15) is 5.54 Å². The number of esters is 1. The van der Waals surface area contributed by atoms with Crippen LogP contribution >= 0.6 is 0 Å². The van der Waals surface area contributed by atoms with E-state index in [1.807, 2.05) is 0 Å². The van der Waals surface area contributed by atoms with Crippen LogP contribution in [0.25, 0.3) is 0 Å². The number of carbonyl (C=O) groups excluding carboxylic acids is 2. The summed E-state index contributed by atoms with van der Waals surface area (Å²) in [5.41, 5.74) is -0.920. The van der Waals surface area contributed by atoms with Crippen molar-refractivity contribution in [3.63, 3.8) is 0 Å². The van der Waals surface area contributed by atoms with Gasteiger partial charge in [0.15, 0.2) is 6.61 Å². The number of hydrogen-bond acceptors (Lipinski definition) is 4. The zero-order valence-electron chi connectivity index (χ0n) is 16.5. The molecule has 1 N–H and O–H groups in total. The summed E-state index contributed by atoms with van der Waals surface area (Å²) in [6, 6.07) is 0. The van der Waals surface area contributed by atoms with Crippen LogP contribution in [0.3, 0.4) is 0 Å². The van der Waals surface area contributed by atoms with E-state index in [-0.39, 0.29) is 12.6 Å². The molecular weight excluding hydrogens is 330 g/mol. The van der Waals surface area contributed by atoms with Gasteiger partial charge in [0.2, 0.25) is 0 Å². The first-order chi connectivity index (χ1) is 12.6. The zero-order chi connectivity index (χ0) is 19.1. The SMILES string of the molecule is CC#CCOC(=O)NC1(C(=O)OCCCCCCCCCC)CCCC1. The Morgan fingerprint density at radius 2 is 1.58 bits per heavy atom. The Hall–Kier alpha value is -1.70. The molecule has 0 atom stereocenters. The average molecular weight is 366 g/mol. The van der Waals surface area contributed by atoms with E-state index >= 15 is 0 Å². The maximum atomic E-state index is 12.5. The van der Waals surface area contributed by atoms with E-state index in [2.05, 4.69) is 24.1 Å². The maximum absolute atomic E-state index is 12.5. The Morgan fingerprint density at radius 3 is 2.19 bits per heavy atom. The van der Waals surface area contributed by atoms with Gasteiger partial charge in [-0.1, -0.05) is 70.6 Å². The number of unbranched alkanes of at least 4 members (excludes halogenated alkanes) is 7. The number of amides is 1. The molecule has 0 aromatic rings. The van der Waals surface area contributed by atoms with E-state index in [0.29, 0.717) is 19.4 Å². The van der Waals surface area contributed by atoms with Crippen LogP contribution in [0.2, 0.25) is 0 Å². The molecule has 0 saturated heterocycles. The van der Waals surface area contributed by atoms with Crippen LogP contribution in [0.1, 0.15) is 90.9 Å². The van der Waals surface area contributed by atoms with Crippen molar-refractivity contribution in [2.24, 2.45) is 0 Å². The van der Waals surface area contributed by atoms with Crippen molar-refractivity contribution in [3.05, 3.63) is 0 Å². The molecule has 0 aromatic heterocycles. The third-order valence-electron chi connectivity index (χ3n) is 4.87. The predicted octanol–water partition coefficient (Wildman–Crippen LogP) is 4.73. The number of rotatable bonds is 12. The van der Waals surface area contributed by atoms with Crippen molar-refractivity contribution < 1.29 is 19.1 Å². The fourth-order valence-corrected chi connectivity index (χ4v) is 3.30. The lowest BCUT2D eigenvalue weighted by molar-refractivity contribution is -0.151. The number of carbonyl (C=O) groups is 2. The first kappa shape index (κ1) is 22.3. The highest BCUT2D eigenvalue weighted by molar-refractivity contribution is 5.86. The summed E-state index contributed by atoms with van der Waals surface area (Å²) in [7, 11) is 0. The minimum atomic E-state index is -0.920. The van der Waals surface area contributed by atoms with E-state index in [1.54, 1.807) is 6.92 Å². The first-order valence-corrected chi connectivity index (χ1v) is 10.2. The minimum Gasteiger partial charge on any atom is -0.464 e. The summed E-state index contributed by atoms with van der Waals surface area (Å²) in [4.78, 5) is 24.4. The summed E-state index contributed by atoms with van der Waals surface area (Å²) >= 11 is 0. The molecule has 0 aliphatic heterocycles. The van der Waals surface area contributed by atoms with Gasteiger partial charge in [-0.05, 0) is 26.2 Å². The third-order valence-corrected chi connectivity index (χ3v) is 4.87. The Morgan fingerprint density at radius 1 is 0.962 bits per heavy atom. The average Bonchev–Trinajstić information content (AvgIpc) is 3.10. The molecule has 0 heterocycles. The second-order valence-corrected chi connectivity index (χ2v) is 7.03. The molecule has 0 spiro atoms. The Kier molecular flexibility index (Phi) is 11.6. The van der Waals surface area contributed by atoms with Crippen LogP contribution in [0, 0.1) is 11.8 Å². The van der Waals surface area contributed by atoms with Crippen LogP contribution in [-0.2, 0) is 14.3 Å². The fourth-order valence-electron chi connectivity index (χ4n) is 3.30. The van der Waals surface area contributed by atoms with Crippen molar-refractivity contribution >= 4 is 12.1 Å². The standard InChI is InChI=1S/C21H35NO4/c1-3-5-7-8-9-10-11-14-18-25-19(23)21(15-12-13-16-21)22-20(24)26-17-6-4-2/h3,5,7-18H2,1-2H3,(H,22,24). The molecule has 0 bridgehead atoms. The molecule has 5 heteroatoms. The molecule has 0 aromatic carbocycles. The van der Waals surface area contributed by atoms with Crippen molar-refractivity contribution in [2.45, 2.75) is 96.4 Å². The van der Waals surface area contributed by atoms with Gasteiger partial charge >= 0.3 is 12.1 Å². The minimum absolute atomic E-state index is 0.0334. The van der Waals surface area contributed by atoms with Gasteiger partial charge in [0.05, 0.1) is 6.61 Å². The maximum Gasteiger partial charge on any atom is 0.409 e. The van der Waals surface area contributed by atoms with E-state index in [0.717, 1.165) is 25.7 Å². The fraction of sp³-hybridized carbons (Fsp3) is 0.810. The van der Waals surface area contributed by atoms with Crippen LogP contribution in [0.4, 0.5) is 4.79 Å². The third kappa shape index (κ3) is 8.60. The molecule has 1 aliphatic rings. The summed E-state index contributed by atoms with van der Waals surface area (Å²) in [6.45, 7) is 4.36. The zero-order valence-corrected chi connectivity index (χ0v) is 16.5. The largest absolute Gasteiger partial charge is 0.464 e. The van der Waals surface area contributed by atoms with Gasteiger partial charge in [0, 0.05) is 0 Å². The molecule has 0 unspecified atom stereocenters. The molecule has 1 saturated carbocycles. The molecule has 1 rings (SSSR count). The Balaban J connectivity index is 2.25. The van der Waals surface area contributed by atoms with Crippen molar-refractivity contribution in [1.82, 2.24) is 5.32 Å². The second-order valence-electron chi connectivity index (χ2n) is 7.03. The second kappa shape index (κ2) is 13.5. The normalized spacial score (nSPS) is 15.0. The Bertz CT molecular complexity index is 472. The topological polar surface area (TPSA) is 64.6 Å². The summed E-state index contributed by atoms with van der Waals surface area (Å²) in [6.07, 6.45) is 12.0. The molecule has 0 radical (unpaired) electrons. The number of alkyl carbamates (subject to hydrolysis) is 1.